The van der Waals surface area contributed by atoms with Crippen molar-refractivity contribution in [3.63, 3.8) is 0 Å². The summed E-state index contributed by atoms with van der Waals surface area (Å²) in [5, 5.41) is 11.6. The van der Waals surface area contributed by atoms with Crippen molar-refractivity contribution in [2.24, 2.45) is 0 Å². The van der Waals surface area contributed by atoms with Gasteiger partial charge in [0, 0.05) is 10.6 Å². The molecule has 104 valence electrons. The first-order valence-corrected chi connectivity index (χ1v) is 6.06. The van der Waals surface area contributed by atoms with E-state index in [0.29, 0.717) is 0 Å². The van der Waals surface area contributed by atoms with Gasteiger partial charge in [0.05, 0.1) is 5.69 Å². The summed E-state index contributed by atoms with van der Waals surface area (Å²) in [4.78, 5) is 11.3. The molecular formula is C14H10ClF2NO2. The van der Waals surface area contributed by atoms with Crippen LogP contribution in [0.2, 0.25) is 5.02 Å². The highest BCUT2D eigenvalue weighted by atomic mass is 35.5. The molecule has 0 radical (unpaired) electrons. The molecule has 1 unspecified atom stereocenters. The Morgan fingerprint density at radius 1 is 1.10 bits per heavy atom. The van der Waals surface area contributed by atoms with Gasteiger partial charge in [-0.25, -0.2) is 13.6 Å². The lowest BCUT2D eigenvalue weighted by atomic mass is 10.1. The zero-order valence-corrected chi connectivity index (χ0v) is 10.9. The number of benzene rings is 2. The minimum atomic E-state index is -1.49. The van der Waals surface area contributed by atoms with Gasteiger partial charge in [0.15, 0.2) is 6.04 Å². The summed E-state index contributed by atoms with van der Waals surface area (Å²) >= 11 is 5.84. The second kappa shape index (κ2) is 5.88. The predicted octanol–water partition coefficient (Wildman–Crippen LogP) is 3.86. The number of nitrogens with one attached hydrogen (secondary N) is 1. The van der Waals surface area contributed by atoms with Crippen LogP contribution in [-0.4, -0.2) is 11.1 Å². The van der Waals surface area contributed by atoms with E-state index in [1.54, 1.807) is 0 Å². The third-order valence-electron chi connectivity index (χ3n) is 2.71. The molecule has 0 fully saturated rings. The molecule has 20 heavy (non-hydrogen) atoms. The van der Waals surface area contributed by atoms with Crippen molar-refractivity contribution >= 4 is 23.3 Å². The van der Waals surface area contributed by atoms with Gasteiger partial charge in [-0.05, 0) is 24.3 Å². The number of anilines is 1. The average molecular weight is 298 g/mol. The average Bonchev–Trinajstić information content (AvgIpc) is 2.39. The Labute approximate surface area is 118 Å². The molecule has 2 N–H and O–H groups in total. The Morgan fingerprint density at radius 3 is 2.35 bits per heavy atom. The topological polar surface area (TPSA) is 49.3 Å². The van der Waals surface area contributed by atoms with Crippen LogP contribution in [0.4, 0.5) is 14.5 Å². The normalized spacial score (nSPS) is 11.9. The number of hydrogen-bond donors (Lipinski definition) is 2. The standard InChI is InChI=1S/C14H10ClF2NO2/c15-8-4-3-6-10(17)12(8)13(14(19)20)18-11-7-2-1-5-9(11)16/h1-7,13,18H,(H,19,20). The van der Waals surface area contributed by atoms with E-state index in [1.165, 1.54) is 36.4 Å². The summed E-state index contributed by atoms with van der Waals surface area (Å²) in [6.07, 6.45) is 0. The van der Waals surface area contributed by atoms with Gasteiger partial charge in [0.2, 0.25) is 0 Å². The Bertz CT molecular complexity index is 629. The highest BCUT2D eigenvalue weighted by Gasteiger charge is 2.26. The van der Waals surface area contributed by atoms with Gasteiger partial charge < -0.3 is 10.4 Å². The van der Waals surface area contributed by atoms with Crippen LogP contribution in [0.15, 0.2) is 42.5 Å². The minimum Gasteiger partial charge on any atom is -0.479 e. The first kappa shape index (κ1) is 14.3. The molecule has 3 nitrogen and oxygen atoms in total. The van der Waals surface area contributed by atoms with Crippen molar-refractivity contribution in [1.82, 2.24) is 0 Å². The molecule has 0 aliphatic heterocycles. The van der Waals surface area contributed by atoms with E-state index in [0.717, 1.165) is 6.07 Å². The highest BCUT2D eigenvalue weighted by Crippen LogP contribution is 2.29. The van der Waals surface area contributed by atoms with Crippen molar-refractivity contribution in [3.05, 3.63) is 64.7 Å². The van der Waals surface area contributed by atoms with Gasteiger partial charge in [-0.1, -0.05) is 29.8 Å². The van der Waals surface area contributed by atoms with E-state index in [1.807, 2.05) is 0 Å². The number of rotatable bonds is 4. The third kappa shape index (κ3) is 2.88. The van der Waals surface area contributed by atoms with Crippen molar-refractivity contribution in [2.75, 3.05) is 5.32 Å². The van der Waals surface area contributed by atoms with Crippen LogP contribution in [-0.2, 0) is 4.79 Å². The summed E-state index contributed by atoms with van der Waals surface area (Å²) in [6, 6.07) is 7.88. The lowest BCUT2D eigenvalue weighted by Crippen LogP contribution is -2.22. The fraction of sp³-hybridized carbons (Fsp3) is 0.0714. The molecule has 2 aromatic rings. The summed E-state index contributed by atoms with van der Waals surface area (Å²) < 4.78 is 27.3. The van der Waals surface area contributed by atoms with E-state index < -0.39 is 23.6 Å². The Hall–Kier alpha value is -2.14. The molecule has 0 heterocycles. The molecule has 0 amide bonds. The van der Waals surface area contributed by atoms with E-state index in [2.05, 4.69) is 5.32 Å². The SMILES string of the molecule is O=C(O)C(Nc1ccccc1F)c1c(F)cccc1Cl. The second-order valence-corrected chi connectivity index (χ2v) is 4.44. The van der Waals surface area contributed by atoms with Crippen LogP contribution in [0.5, 0.6) is 0 Å². The monoisotopic (exact) mass is 297 g/mol. The van der Waals surface area contributed by atoms with E-state index in [9.17, 15) is 18.7 Å². The summed E-state index contributed by atoms with van der Waals surface area (Å²) in [7, 11) is 0. The van der Waals surface area contributed by atoms with Crippen molar-refractivity contribution < 1.29 is 18.7 Å². The molecule has 0 aliphatic carbocycles. The van der Waals surface area contributed by atoms with Gasteiger partial charge in [0.1, 0.15) is 11.6 Å². The van der Waals surface area contributed by atoms with Crippen LogP contribution >= 0.6 is 11.6 Å². The van der Waals surface area contributed by atoms with Crippen LogP contribution < -0.4 is 5.32 Å². The van der Waals surface area contributed by atoms with E-state index in [4.69, 9.17) is 11.6 Å². The molecule has 0 aromatic heterocycles. The van der Waals surface area contributed by atoms with Gasteiger partial charge in [-0.2, -0.15) is 0 Å². The summed E-state index contributed by atoms with van der Waals surface area (Å²) in [6.45, 7) is 0. The van der Waals surface area contributed by atoms with Gasteiger partial charge in [0.25, 0.3) is 0 Å². The Balaban J connectivity index is 2.43. The van der Waals surface area contributed by atoms with Crippen molar-refractivity contribution in [2.45, 2.75) is 6.04 Å². The zero-order valence-electron chi connectivity index (χ0n) is 10.1. The molecule has 0 spiro atoms. The predicted molar refractivity (Wildman–Crippen MR) is 71.8 cm³/mol. The third-order valence-corrected chi connectivity index (χ3v) is 3.04. The molecule has 6 heteroatoms. The van der Waals surface area contributed by atoms with Crippen LogP contribution in [0.25, 0.3) is 0 Å². The van der Waals surface area contributed by atoms with Crippen LogP contribution in [0, 0.1) is 11.6 Å². The second-order valence-electron chi connectivity index (χ2n) is 4.03. The number of carboxylic acids is 1. The molecular weight excluding hydrogens is 288 g/mol. The Morgan fingerprint density at radius 2 is 1.75 bits per heavy atom. The van der Waals surface area contributed by atoms with E-state index in [-0.39, 0.29) is 16.3 Å². The zero-order chi connectivity index (χ0) is 14.7. The Kier molecular flexibility index (Phi) is 4.20. The summed E-state index contributed by atoms with van der Waals surface area (Å²) in [5.74, 6) is -2.76. The van der Waals surface area contributed by atoms with Gasteiger partial charge in [-0.3, -0.25) is 0 Å². The lowest BCUT2D eigenvalue weighted by Gasteiger charge is -2.18. The quantitative estimate of drug-likeness (QED) is 0.901. The van der Waals surface area contributed by atoms with Crippen molar-refractivity contribution in [3.8, 4) is 0 Å². The van der Waals surface area contributed by atoms with E-state index >= 15 is 0 Å². The lowest BCUT2D eigenvalue weighted by molar-refractivity contribution is -0.138. The fourth-order valence-corrected chi connectivity index (χ4v) is 2.05. The molecule has 0 saturated heterocycles. The van der Waals surface area contributed by atoms with Crippen LogP contribution in [0.3, 0.4) is 0 Å². The van der Waals surface area contributed by atoms with Crippen molar-refractivity contribution in [1.29, 1.82) is 0 Å². The first-order chi connectivity index (χ1) is 9.50. The number of hydrogen-bond acceptors (Lipinski definition) is 2. The smallest absolute Gasteiger partial charge is 0.330 e. The maximum absolute atomic E-state index is 13.8. The number of para-hydroxylation sites is 1. The highest BCUT2D eigenvalue weighted by molar-refractivity contribution is 6.31. The molecule has 1 atom stereocenters. The molecule has 0 bridgehead atoms. The van der Waals surface area contributed by atoms with Gasteiger partial charge >= 0.3 is 5.97 Å². The minimum absolute atomic E-state index is 0.0405. The largest absolute Gasteiger partial charge is 0.479 e. The number of carbonyl (C=O) groups is 1. The molecule has 2 rings (SSSR count). The number of carboxylic acid groups (broad SMARTS) is 1. The molecule has 2 aromatic carbocycles. The van der Waals surface area contributed by atoms with Crippen LogP contribution in [0.1, 0.15) is 11.6 Å². The molecule has 0 saturated carbocycles. The molecule has 0 aliphatic rings. The number of aliphatic carboxylic acids is 1. The maximum atomic E-state index is 13.8. The fourth-order valence-electron chi connectivity index (χ4n) is 1.78. The van der Waals surface area contributed by atoms with Gasteiger partial charge in [-0.15, -0.1) is 0 Å². The maximum Gasteiger partial charge on any atom is 0.330 e. The number of halogens is 3. The summed E-state index contributed by atoms with van der Waals surface area (Å²) in [5.41, 5.74) is -0.274. The first-order valence-electron chi connectivity index (χ1n) is 5.68.